The van der Waals surface area contributed by atoms with E-state index in [-0.39, 0.29) is 0 Å². The summed E-state index contributed by atoms with van der Waals surface area (Å²) in [6.07, 6.45) is 0. The number of H-pyrrole nitrogens is 1. The molecule has 0 aliphatic heterocycles. The molecule has 0 radical (unpaired) electrons. The van der Waals surface area contributed by atoms with Crippen LogP contribution in [-0.2, 0) is 10.0 Å². The maximum atomic E-state index is 12.7. The maximum absolute atomic E-state index is 12.7. The van der Waals surface area contributed by atoms with Crippen molar-refractivity contribution in [2.24, 2.45) is 0 Å². The van der Waals surface area contributed by atoms with E-state index in [1.165, 1.54) is 0 Å². The molecule has 21 heavy (non-hydrogen) atoms. The topological polar surface area (TPSA) is 101 Å². The molecule has 1 unspecified atom stereocenters. The van der Waals surface area contributed by atoms with Crippen molar-refractivity contribution < 1.29 is 8.42 Å². The van der Waals surface area contributed by atoms with Crippen molar-refractivity contribution in [2.45, 2.75) is 45.6 Å². The lowest BCUT2D eigenvalue weighted by molar-refractivity contribution is 0.558. The van der Waals surface area contributed by atoms with Gasteiger partial charge in [-0.25, -0.2) is 13.1 Å². The first-order valence-electron chi connectivity index (χ1n) is 6.57. The van der Waals surface area contributed by atoms with Gasteiger partial charge in [-0.05, 0) is 56.9 Å². The lowest BCUT2D eigenvalue weighted by atomic mass is 10.0. The molecule has 0 aliphatic rings. The van der Waals surface area contributed by atoms with E-state index in [0.717, 1.165) is 22.3 Å². The molecule has 0 fully saturated rings. The average molecular weight is 309 g/mol. The van der Waals surface area contributed by atoms with Crippen molar-refractivity contribution in [2.75, 3.05) is 0 Å². The second-order valence-corrected chi connectivity index (χ2v) is 6.85. The van der Waals surface area contributed by atoms with Crippen LogP contribution < -0.4 is 4.72 Å². The number of benzene rings is 1. The Balaban J connectivity index is 2.46. The highest BCUT2D eigenvalue weighted by Gasteiger charge is 2.25. The SMILES string of the molecule is Cc1cc(C)c(C)c(S(=O)(=O)NC(C)c2nn[nH]n2)c1C. The van der Waals surface area contributed by atoms with Crippen LogP contribution in [-0.4, -0.2) is 29.0 Å². The number of nitrogens with zero attached hydrogens (tertiary/aromatic N) is 3. The summed E-state index contributed by atoms with van der Waals surface area (Å²) in [6, 6.07) is 1.43. The molecule has 0 amide bonds. The number of rotatable bonds is 4. The van der Waals surface area contributed by atoms with Crippen LogP contribution >= 0.6 is 0 Å². The number of sulfonamides is 1. The third-order valence-electron chi connectivity index (χ3n) is 3.65. The summed E-state index contributed by atoms with van der Waals surface area (Å²) in [6.45, 7) is 9.12. The van der Waals surface area contributed by atoms with Crippen LogP contribution in [0.25, 0.3) is 0 Å². The predicted molar refractivity (Wildman–Crippen MR) is 78.3 cm³/mol. The summed E-state index contributed by atoms with van der Waals surface area (Å²) in [5.74, 6) is 0.304. The fourth-order valence-electron chi connectivity index (χ4n) is 2.28. The molecule has 2 rings (SSSR count). The molecule has 0 saturated heterocycles. The van der Waals surface area contributed by atoms with E-state index in [4.69, 9.17) is 0 Å². The summed E-state index contributed by atoms with van der Waals surface area (Å²) in [5, 5.41) is 13.3. The molecule has 0 aliphatic carbocycles. The quantitative estimate of drug-likeness (QED) is 0.890. The van der Waals surface area contributed by atoms with Crippen LogP contribution in [0.4, 0.5) is 0 Å². The molecule has 7 nitrogen and oxygen atoms in total. The Labute approximate surface area is 124 Å². The largest absolute Gasteiger partial charge is 0.241 e. The van der Waals surface area contributed by atoms with Gasteiger partial charge in [0, 0.05) is 0 Å². The number of aryl methyl sites for hydroxylation is 2. The molecular weight excluding hydrogens is 290 g/mol. The molecule has 0 bridgehead atoms. The monoisotopic (exact) mass is 309 g/mol. The molecule has 1 atom stereocenters. The summed E-state index contributed by atoms with van der Waals surface area (Å²) < 4.78 is 28.0. The highest BCUT2D eigenvalue weighted by molar-refractivity contribution is 7.89. The number of aromatic amines is 1. The zero-order valence-corrected chi connectivity index (χ0v) is 13.5. The Morgan fingerprint density at radius 1 is 1.14 bits per heavy atom. The van der Waals surface area contributed by atoms with Crippen molar-refractivity contribution in [3.8, 4) is 0 Å². The van der Waals surface area contributed by atoms with Gasteiger partial charge >= 0.3 is 0 Å². The molecule has 1 aromatic heterocycles. The smallest absolute Gasteiger partial charge is 0.207 e. The molecule has 114 valence electrons. The molecule has 2 N–H and O–H groups in total. The van der Waals surface area contributed by atoms with E-state index >= 15 is 0 Å². The third kappa shape index (κ3) is 2.96. The third-order valence-corrected chi connectivity index (χ3v) is 5.46. The van der Waals surface area contributed by atoms with E-state index in [1.807, 2.05) is 33.8 Å². The highest BCUT2D eigenvalue weighted by atomic mass is 32.2. The molecule has 1 heterocycles. The first-order chi connectivity index (χ1) is 9.74. The Bertz CT molecular complexity index is 727. The minimum atomic E-state index is -3.66. The molecule has 8 heteroatoms. The van der Waals surface area contributed by atoms with Gasteiger partial charge < -0.3 is 0 Å². The number of hydrogen-bond acceptors (Lipinski definition) is 5. The van der Waals surface area contributed by atoms with Gasteiger partial charge in [0.25, 0.3) is 0 Å². The van der Waals surface area contributed by atoms with Gasteiger partial charge in [0.1, 0.15) is 0 Å². The van der Waals surface area contributed by atoms with Crippen LogP contribution in [0.1, 0.15) is 41.0 Å². The first kappa shape index (κ1) is 15.6. The Morgan fingerprint density at radius 3 is 2.19 bits per heavy atom. The maximum Gasteiger partial charge on any atom is 0.241 e. The molecule has 0 saturated carbocycles. The summed E-state index contributed by atoms with van der Waals surface area (Å²) in [7, 11) is -3.66. The summed E-state index contributed by atoms with van der Waals surface area (Å²) >= 11 is 0. The van der Waals surface area contributed by atoms with Crippen molar-refractivity contribution in [3.63, 3.8) is 0 Å². The van der Waals surface area contributed by atoms with Crippen molar-refractivity contribution in [1.82, 2.24) is 25.3 Å². The number of hydrogen-bond donors (Lipinski definition) is 2. The number of tetrazole rings is 1. The molecule has 2 aromatic rings. The minimum Gasteiger partial charge on any atom is -0.207 e. The molecule has 0 spiro atoms. The van der Waals surface area contributed by atoms with E-state index in [0.29, 0.717) is 10.7 Å². The van der Waals surface area contributed by atoms with E-state index in [1.54, 1.807) is 6.92 Å². The predicted octanol–water partition coefficient (Wildman–Crippen LogP) is 1.47. The van der Waals surface area contributed by atoms with Gasteiger partial charge in [-0.2, -0.15) is 5.21 Å². The van der Waals surface area contributed by atoms with Gasteiger partial charge in [-0.1, -0.05) is 11.3 Å². The van der Waals surface area contributed by atoms with Gasteiger partial charge in [0.05, 0.1) is 10.9 Å². The lowest BCUT2D eigenvalue weighted by Gasteiger charge is -2.17. The lowest BCUT2D eigenvalue weighted by Crippen LogP contribution is -2.29. The van der Waals surface area contributed by atoms with Crippen LogP contribution in [0.2, 0.25) is 0 Å². The molecule has 1 aromatic carbocycles. The van der Waals surface area contributed by atoms with Crippen LogP contribution in [0.3, 0.4) is 0 Å². The Kier molecular flexibility index (Phi) is 4.11. The first-order valence-corrected chi connectivity index (χ1v) is 8.05. The van der Waals surface area contributed by atoms with Gasteiger partial charge in [0.2, 0.25) is 10.0 Å². The molecular formula is C13H19N5O2S. The van der Waals surface area contributed by atoms with E-state index < -0.39 is 16.1 Å². The number of aromatic nitrogens is 4. The van der Waals surface area contributed by atoms with Gasteiger partial charge in [0.15, 0.2) is 5.82 Å². The van der Waals surface area contributed by atoms with Crippen molar-refractivity contribution >= 4 is 10.0 Å². The zero-order valence-electron chi connectivity index (χ0n) is 12.7. The minimum absolute atomic E-state index is 0.304. The number of nitrogens with one attached hydrogen (secondary N) is 2. The summed E-state index contributed by atoms with van der Waals surface area (Å²) in [4.78, 5) is 0.329. The Hall–Kier alpha value is -1.80. The average Bonchev–Trinajstić information content (AvgIpc) is 2.89. The Morgan fingerprint density at radius 2 is 1.71 bits per heavy atom. The van der Waals surface area contributed by atoms with Crippen LogP contribution in [0, 0.1) is 27.7 Å². The fraction of sp³-hybridized carbons (Fsp3) is 0.462. The van der Waals surface area contributed by atoms with Crippen LogP contribution in [0.15, 0.2) is 11.0 Å². The van der Waals surface area contributed by atoms with E-state index in [9.17, 15) is 8.42 Å². The zero-order chi connectivity index (χ0) is 15.8. The highest BCUT2D eigenvalue weighted by Crippen LogP contribution is 2.26. The second-order valence-electron chi connectivity index (χ2n) is 5.20. The summed E-state index contributed by atoms with van der Waals surface area (Å²) in [5.41, 5.74) is 3.41. The normalized spacial score (nSPS) is 13.4. The second kappa shape index (κ2) is 5.53. The fourth-order valence-corrected chi connectivity index (χ4v) is 4.10. The van der Waals surface area contributed by atoms with Gasteiger partial charge in [-0.3, -0.25) is 0 Å². The van der Waals surface area contributed by atoms with Crippen molar-refractivity contribution in [3.05, 3.63) is 34.1 Å². The standard InChI is InChI=1S/C13H19N5O2S/c1-7-6-8(2)10(4)12(9(7)3)21(19,20)16-11(5)13-14-17-18-15-13/h6,11,16H,1-5H3,(H,14,15,17,18). The van der Waals surface area contributed by atoms with Gasteiger partial charge in [-0.15, -0.1) is 10.2 Å². The van der Waals surface area contributed by atoms with Crippen LogP contribution in [0.5, 0.6) is 0 Å². The van der Waals surface area contributed by atoms with E-state index in [2.05, 4.69) is 25.3 Å². The van der Waals surface area contributed by atoms with Crippen molar-refractivity contribution in [1.29, 1.82) is 0 Å².